The van der Waals surface area contributed by atoms with Gasteiger partial charge in [-0.05, 0) is 37.5 Å². The van der Waals surface area contributed by atoms with Crippen molar-refractivity contribution in [1.29, 1.82) is 0 Å². The van der Waals surface area contributed by atoms with E-state index < -0.39 is 97.5 Å². The molecule has 0 aliphatic heterocycles. The maximum Gasteiger partial charge on any atom is 0.472 e. The number of ether oxygens (including phenoxy) is 4. The fraction of sp³-hybridized carbons (Fsp3) is 0.944. The van der Waals surface area contributed by atoms with Gasteiger partial charge < -0.3 is 33.8 Å². The van der Waals surface area contributed by atoms with Crippen molar-refractivity contribution in [2.75, 3.05) is 39.6 Å². The Balaban J connectivity index is 5.23. The highest BCUT2D eigenvalue weighted by Crippen LogP contribution is 2.45. The van der Waals surface area contributed by atoms with E-state index in [0.717, 1.165) is 102 Å². The standard InChI is InChI=1S/C72H140O17P2/c1-7-9-11-13-15-17-30-36-42-48-54-69(74)82-60-67(88-71(76)56-50-44-38-31-18-16-14-12-10-8-2)62-86-90(78,79)84-58-66(73)59-85-91(80,81)87-63-68(61-83-70(75)55-49-43-37-32-26-23-22-25-29-35-41-47-53-65(5)6)89-72(77)57-51-45-39-33-27-21-19-20-24-28-34-40-46-52-64(3)4/h64-68,73H,7-63H2,1-6H3,(H,78,79)(H,80,81)/t66-,67+,68+/m0/s1. The van der Waals surface area contributed by atoms with Crippen LogP contribution in [0.25, 0.3) is 0 Å². The molecule has 540 valence electrons. The zero-order valence-corrected chi connectivity index (χ0v) is 60.9. The molecule has 0 saturated heterocycles. The van der Waals surface area contributed by atoms with Crippen molar-refractivity contribution < 1.29 is 80.2 Å². The van der Waals surface area contributed by atoms with Crippen molar-refractivity contribution in [2.24, 2.45) is 11.8 Å². The fourth-order valence-electron chi connectivity index (χ4n) is 10.9. The highest BCUT2D eigenvalue weighted by atomic mass is 31.2. The van der Waals surface area contributed by atoms with Crippen molar-refractivity contribution in [3.63, 3.8) is 0 Å². The van der Waals surface area contributed by atoms with Gasteiger partial charge in [0.25, 0.3) is 0 Å². The predicted octanol–water partition coefficient (Wildman–Crippen LogP) is 20.8. The number of phosphoric acid groups is 2. The monoisotopic (exact) mass is 1340 g/mol. The Morgan fingerprint density at radius 2 is 0.505 bits per heavy atom. The summed E-state index contributed by atoms with van der Waals surface area (Å²) in [5, 5.41) is 10.6. The van der Waals surface area contributed by atoms with Gasteiger partial charge in [0, 0.05) is 25.7 Å². The Labute approximate surface area is 556 Å². The third-order valence-electron chi connectivity index (χ3n) is 16.7. The molecule has 0 aromatic rings. The lowest BCUT2D eigenvalue weighted by atomic mass is 10.0. The fourth-order valence-corrected chi connectivity index (χ4v) is 12.5. The first kappa shape index (κ1) is 89.1. The first-order valence-electron chi connectivity index (χ1n) is 37.5. The zero-order valence-electron chi connectivity index (χ0n) is 59.1. The molecular weight excluding hydrogens is 1200 g/mol. The van der Waals surface area contributed by atoms with Crippen LogP contribution in [0.4, 0.5) is 0 Å². The topological polar surface area (TPSA) is 237 Å². The van der Waals surface area contributed by atoms with Gasteiger partial charge >= 0.3 is 39.5 Å². The molecule has 17 nitrogen and oxygen atoms in total. The first-order chi connectivity index (χ1) is 43.9. The Kier molecular flexibility index (Phi) is 62.7. The average molecular weight is 1340 g/mol. The highest BCUT2D eigenvalue weighted by molar-refractivity contribution is 7.47. The number of aliphatic hydroxyl groups excluding tert-OH is 1. The van der Waals surface area contributed by atoms with Crippen molar-refractivity contribution in [1.82, 2.24) is 0 Å². The number of carbonyl (C=O) groups excluding carboxylic acids is 4. The second-order valence-corrected chi connectivity index (χ2v) is 29.8. The molecule has 91 heavy (non-hydrogen) atoms. The molecule has 0 aromatic carbocycles. The van der Waals surface area contributed by atoms with Crippen LogP contribution in [0.15, 0.2) is 0 Å². The molecule has 0 aliphatic carbocycles. The van der Waals surface area contributed by atoms with E-state index in [9.17, 15) is 43.2 Å². The van der Waals surface area contributed by atoms with Gasteiger partial charge in [-0.1, -0.05) is 318 Å². The van der Waals surface area contributed by atoms with E-state index in [1.54, 1.807) is 0 Å². The van der Waals surface area contributed by atoms with Crippen molar-refractivity contribution >= 4 is 39.5 Å². The van der Waals surface area contributed by atoms with Crippen LogP contribution >= 0.6 is 15.6 Å². The van der Waals surface area contributed by atoms with Crippen LogP contribution in [0, 0.1) is 11.8 Å². The number of esters is 4. The Morgan fingerprint density at radius 3 is 0.747 bits per heavy atom. The van der Waals surface area contributed by atoms with Gasteiger partial charge in [-0.25, -0.2) is 9.13 Å². The van der Waals surface area contributed by atoms with Crippen molar-refractivity contribution in [3.8, 4) is 0 Å². The van der Waals surface area contributed by atoms with E-state index in [1.807, 2.05) is 0 Å². The number of aliphatic hydroxyl groups is 1. The summed E-state index contributed by atoms with van der Waals surface area (Å²) in [6, 6.07) is 0. The Bertz CT molecular complexity index is 1770. The molecule has 0 radical (unpaired) electrons. The number of phosphoric ester groups is 2. The zero-order chi connectivity index (χ0) is 67.2. The Hall–Kier alpha value is -1.94. The van der Waals surface area contributed by atoms with E-state index in [-0.39, 0.29) is 25.7 Å². The van der Waals surface area contributed by atoms with E-state index in [2.05, 4.69) is 41.5 Å². The molecule has 0 amide bonds. The normalized spacial score (nSPS) is 14.1. The van der Waals surface area contributed by atoms with Gasteiger partial charge in [-0.15, -0.1) is 0 Å². The van der Waals surface area contributed by atoms with E-state index in [0.29, 0.717) is 25.7 Å². The van der Waals surface area contributed by atoms with Crippen LogP contribution in [-0.4, -0.2) is 96.7 Å². The molecule has 3 N–H and O–H groups in total. The summed E-state index contributed by atoms with van der Waals surface area (Å²) >= 11 is 0. The summed E-state index contributed by atoms with van der Waals surface area (Å²) < 4.78 is 68.3. The summed E-state index contributed by atoms with van der Waals surface area (Å²) in [5.41, 5.74) is 0. The minimum absolute atomic E-state index is 0.107. The second kappa shape index (κ2) is 64.1. The van der Waals surface area contributed by atoms with Gasteiger partial charge in [0.15, 0.2) is 12.2 Å². The minimum Gasteiger partial charge on any atom is -0.462 e. The summed E-state index contributed by atoms with van der Waals surface area (Å²) in [6.07, 6.45) is 49.8. The molecule has 5 atom stereocenters. The molecule has 2 unspecified atom stereocenters. The van der Waals surface area contributed by atoms with Gasteiger partial charge in [-0.2, -0.15) is 0 Å². The van der Waals surface area contributed by atoms with Crippen LogP contribution < -0.4 is 0 Å². The molecule has 0 saturated carbocycles. The van der Waals surface area contributed by atoms with Gasteiger partial charge in [0.05, 0.1) is 26.4 Å². The summed E-state index contributed by atoms with van der Waals surface area (Å²) in [4.78, 5) is 72.6. The predicted molar refractivity (Wildman–Crippen MR) is 368 cm³/mol. The average Bonchev–Trinajstić information content (AvgIpc) is 3.19. The second-order valence-electron chi connectivity index (χ2n) is 26.9. The molecule has 0 spiro atoms. The van der Waals surface area contributed by atoms with Crippen molar-refractivity contribution in [2.45, 2.75) is 387 Å². The number of hydrogen-bond acceptors (Lipinski definition) is 15. The summed E-state index contributed by atoms with van der Waals surface area (Å²) in [7, 11) is -9.90. The Morgan fingerprint density at radius 1 is 0.297 bits per heavy atom. The molecule has 0 aliphatic rings. The lowest BCUT2D eigenvalue weighted by Crippen LogP contribution is -2.30. The van der Waals surface area contributed by atoms with Crippen LogP contribution in [-0.2, 0) is 65.4 Å². The van der Waals surface area contributed by atoms with Crippen molar-refractivity contribution in [3.05, 3.63) is 0 Å². The smallest absolute Gasteiger partial charge is 0.462 e. The lowest BCUT2D eigenvalue weighted by molar-refractivity contribution is -0.161. The van der Waals surface area contributed by atoms with E-state index in [1.165, 1.54) is 186 Å². The largest absolute Gasteiger partial charge is 0.472 e. The maximum atomic E-state index is 13.0. The highest BCUT2D eigenvalue weighted by Gasteiger charge is 2.30. The minimum atomic E-state index is -4.95. The van der Waals surface area contributed by atoms with Gasteiger partial charge in [0.2, 0.25) is 0 Å². The third-order valence-corrected chi connectivity index (χ3v) is 18.6. The lowest BCUT2D eigenvalue weighted by Gasteiger charge is -2.21. The van der Waals surface area contributed by atoms with Crippen LogP contribution in [0.1, 0.15) is 369 Å². The van der Waals surface area contributed by atoms with Crippen LogP contribution in [0.2, 0.25) is 0 Å². The quantitative estimate of drug-likeness (QED) is 0.0222. The molecule has 0 aromatic heterocycles. The molecule has 19 heteroatoms. The van der Waals surface area contributed by atoms with Gasteiger partial charge in [0.1, 0.15) is 19.3 Å². The number of hydrogen-bond donors (Lipinski definition) is 3. The maximum absolute atomic E-state index is 13.0. The van der Waals surface area contributed by atoms with Gasteiger partial charge in [-0.3, -0.25) is 37.3 Å². The summed E-state index contributed by atoms with van der Waals surface area (Å²) in [6.45, 7) is 9.58. The van der Waals surface area contributed by atoms with E-state index >= 15 is 0 Å². The molecule has 0 heterocycles. The van der Waals surface area contributed by atoms with Crippen LogP contribution in [0.5, 0.6) is 0 Å². The molecule has 0 fully saturated rings. The molecule has 0 rings (SSSR count). The van der Waals surface area contributed by atoms with E-state index in [4.69, 9.17) is 37.0 Å². The van der Waals surface area contributed by atoms with Crippen LogP contribution in [0.3, 0.4) is 0 Å². The third kappa shape index (κ3) is 66.5. The number of unbranched alkanes of at least 4 members (excludes halogenated alkanes) is 41. The molecular formula is C72H140O17P2. The number of rotatable bonds is 71. The SMILES string of the molecule is CCCCCCCCCCCCC(=O)OC[C@H](COP(=O)(O)OC[C@H](O)COP(=O)(O)OC[C@@H](COC(=O)CCCCCCCCCCCCCCC(C)C)OC(=O)CCCCCCCCCCCCCCCC(C)C)OC(=O)CCCCCCCCCCCC. The number of carbonyl (C=O) groups is 4. The summed E-state index contributed by atoms with van der Waals surface area (Å²) in [5.74, 6) is -0.552. The molecule has 0 bridgehead atoms. The first-order valence-corrected chi connectivity index (χ1v) is 40.5.